The van der Waals surface area contributed by atoms with Gasteiger partial charge in [-0.15, -0.1) is 11.3 Å². The standard InChI is InChI=1S/C11H17NOS/c1-8-9(5-12-10-3-4-10)7-14-11(8)6-13-2/h7,10,12H,3-6H2,1-2H3. The van der Waals surface area contributed by atoms with Crippen molar-refractivity contribution in [2.75, 3.05) is 7.11 Å². The van der Waals surface area contributed by atoms with Crippen LogP contribution in [0.2, 0.25) is 0 Å². The summed E-state index contributed by atoms with van der Waals surface area (Å²) in [7, 11) is 1.75. The van der Waals surface area contributed by atoms with E-state index in [1.54, 1.807) is 7.11 Å². The molecule has 1 aromatic heterocycles. The second kappa shape index (κ2) is 4.43. The molecule has 0 aliphatic heterocycles. The van der Waals surface area contributed by atoms with E-state index >= 15 is 0 Å². The van der Waals surface area contributed by atoms with Crippen LogP contribution in [0.4, 0.5) is 0 Å². The molecule has 1 aromatic rings. The predicted octanol–water partition coefficient (Wildman–Crippen LogP) is 2.45. The van der Waals surface area contributed by atoms with E-state index in [-0.39, 0.29) is 0 Å². The summed E-state index contributed by atoms with van der Waals surface area (Å²) >= 11 is 1.81. The predicted molar refractivity (Wildman–Crippen MR) is 59.6 cm³/mol. The van der Waals surface area contributed by atoms with Crippen LogP contribution in [0.3, 0.4) is 0 Å². The SMILES string of the molecule is COCc1scc(CNC2CC2)c1C. The largest absolute Gasteiger partial charge is 0.379 e. The fourth-order valence-corrected chi connectivity index (χ4v) is 2.53. The fraction of sp³-hybridized carbons (Fsp3) is 0.636. The lowest BCUT2D eigenvalue weighted by Gasteiger charge is -2.03. The van der Waals surface area contributed by atoms with Gasteiger partial charge in [0, 0.05) is 24.6 Å². The molecule has 0 spiro atoms. The van der Waals surface area contributed by atoms with Gasteiger partial charge < -0.3 is 10.1 Å². The second-order valence-corrected chi connectivity index (χ2v) is 4.86. The Balaban J connectivity index is 1.94. The van der Waals surface area contributed by atoms with E-state index in [4.69, 9.17) is 4.74 Å². The van der Waals surface area contributed by atoms with Gasteiger partial charge >= 0.3 is 0 Å². The lowest BCUT2D eigenvalue weighted by molar-refractivity contribution is 0.187. The first-order valence-electron chi connectivity index (χ1n) is 5.09. The van der Waals surface area contributed by atoms with Crippen molar-refractivity contribution in [3.05, 3.63) is 21.4 Å². The van der Waals surface area contributed by atoms with E-state index < -0.39 is 0 Å². The van der Waals surface area contributed by atoms with Crippen LogP contribution in [-0.2, 0) is 17.9 Å². The maximum Gasteiger partial charge on any atom is 0.0808 e. The molecule has 0 unspecified atom stereocenters. The molecule has 1 fully saturated rings. The zero-order chi connectivity index (χ0) is 9.97. The third-order valence-electron chi connectivity index (χ3n) is 2.68. The van der Waals surface area contributed by atoms with Crippen molar-refractivity contribution >= 4 is 11.3 Å². The third-order valence-corrected chi connectivity index (χ3v) is 3.79. The van der Waals surface area contributed by atoms with Crippen LogP contribution in [0.1, 0.15) is 28.8 Å². The summed E-state index contributed by atoms with van der Waals surface area (Å²) in [6.07, 6.45) is 2.71. The Morgan fingerprint density at radius 2 is 2.36 bits per heavy atom. The van der Waals surface area contributed by atoms with Gasteiger partial charge in [-0.25, -0.2) is 0 Å². The summed E-state index contributed by atoms with van der Waals surface area (Å²) in [4.78, 5) is 1.36. The molecule has 3 heteroatoms. The smallest absolute Gasteiger partial charge is 0.0808 e. The first-order valence-corrected chi connectivity index (χ1v) is 5.97. The monoisotopic (exact) mass is 211 g/mol. The van der Waals surface area contributed by atoms with Gasteiger partial charge in [-0.2, -0.15) is 0 Å². The fourth-order valence-electron chi connectivity index (χ4n) is 1.49. The summed E-state index contributed by atoms with van der Waals surface area (Å²) in [6, 6.07) is 0.792. The Morgan fingerprint density at radius 3 is 3.00 bits per heavy atom. The number of hydrogen-bond donors (Lipinski definition) is 1. The molecule has 1 saturated carbocycles. The highest BCUT2D eigenvalue weighted by Gasteiger charge is 2.20. The first-order chi connectivity index (χ1) is 6.81. The Kier molecular flexibility index (Phi) is 3.21. The molecule has 2 rings (SSSR count). The van der Waals surface area contributed by atoms with Gasteiger partial charge in [0.25, 0.3) is 0 Å². The molecule has 0 radical (unpaired) electrons. The lowest BCUT2D eigenvalue weighted by Crippen LogP contribution is -2.15. The summed E-state index contributed by atoms with van der Waals surface area (Å²) in [6.45, 7) is 3.96. The van der Waals surface area contributed by atoms with Gasteiger partial charge in [0.15, 0.2) is 0 Å². The summed E-state index contributed by atoms with van der Waals surface area (Å²) < 4.78 is 5.15. The minimum atomic E-state index is 0.750. The van der Waals surface area contributed by atoms with Gasteiger partial charge in [-0.3, -0.25) is 0 Å². The normalized spacial score (nSPS) is 16.1. The van der Waals surface area contributed by atoms with Crippen LogP contribution in [0, 0.1) is 6.92 Å². The quantitative estimate of drug-likeness (QED) is 0.807. The Hall–Kier alpha value is -0.380. The third kappa shape index (κ3) is 2.35. The molecule has 0 bridgehead atoms. The first kappa shape index (κ1) is 10.1. The molecule has 14 heavy (non-hydrogen) atoms. The topological polar surface area (TPSA) is 21.3 Å². The average molecular weight is 211 g/mol. The molecule has 0 atom stereocenters. The van der Waals surface area contributed by atoms with Gasteiger partial charge in [0.2, 0.25) is 0 Å². The van der Waals surface area contributed by atoms with Crippen LogP contribution >= 0.6 is 11.3 Å². The second-order valence-electron chi connectivity index (χ2n) is 3.90. The zero-order valence-corrected chi connectivity index (χ0v) is 9.62. The van der Waals surface area contributed by atoms with Crippen molar-refractivity contribution in [1.82, 2.24) is 5.32 Å². The summed E-state index contributed by atoms with van der Waals surface area (Å²) in [5.41, 5.74) is 2.85. The van der Waals surface area contributed by atoms with E-state index in [0.29, 0.717) is 0 Å². The van der Waals surface area contributed by atoms with E-state index in [1.807, 2.05) is 11.3 Å². The molecule has 1 N–H and O–H groups in total. The molecule has 0 saturated heterocycles. The minimum absolute atomic E-state index is 0.750. The molecular formula is C11H17NOS. The Labute approximate surface area is 89.3 Å². The number of hydrogen-bond acceptors (Lipinski definition) is 3. The maximum absolute atomic E-state index is 5.15. The van der Waals surface area contributed by atoms with Crippen molar-refractivity contribution in [1.29, 1.82) is 0 Å². The number of thiophene rings is 1. The average Bonchev–Trinajstić information content (AvgIpc) is 2.94. The molecule has 0 aromatic carbocycles. The van der Waals surface area contributed by atoms with Gasteiger partial charge in [0.1, 0.15) is 0 Å². The van der Waals surface area contributed by atoms with Crippen molar-refractivity contribution in [3.63, 3.8) is 0 Å². The molecule has 0 amide bonds. The molecule has 2 nitrogen and oxygen atoms in total. The molecule has 1 aliphatic carbocycles. The number of methoxy groups -OCH3 is 1. The van der Waals surface area contributed by atoms with Crippen molar-refractivity contribution < 1.29 is 4.74 Å². The minimum Gasteiger partial charge on any atom is -0.379 e. The van der Waals surface area contributed by atoms with E-state index in [2.05, 4.69) is 17.6 Å². The van der Waals surface area contributed by atoms with E-state index in [1.165, 1.54) is 28.8 Å². The van der Waals surface area contributed by atoms with Gasteiger partial charge in [-0.1, -0.05) is 0 Å². The van der Waals surface area contributed by atoms with Crippen LogP contribution < -0.4 is 5.32 Å². The van der Waals surface area contributed by atoms with Crippen molar-refractivity contribution in [2.24, 2.45) is 0 Å². The van der Waals surface area contributed by atoms with Gasteiger partial charge in [-0.05, 0) is 36.3 Å². The number of rotatable bonds is 5. The number of nitrogens with one attached hydrogen (secondary N) is 1. The van der Waals surface area contributed by atoms with E-state index in [9.17, 15) is 0 Å². The highest BCUT2D eigenvalue weighted by molar-refractivity contribution is 7.10. The highest BCUT2D eigenvalue weighted by Crippen LogP contribution is 2.24. The Morgan fingerprint density at radius 1 is 1.57 bits per heavy atom. The number of ether oxygens (including phenoxy) is 1. The highest BCUT2D eigenvalue weighted by atomic mass is 32.1. The molecule has 78 valence electrons. The van der Waals surface area contributed by atoms with Crippen LogP contribution in [0.15, 0.2) is 5.38 Å². The summed E-state index contributed by atoms with van der Waals surface area (Å²) in [5.74, 6) is 0. The van der Waals surface area contributed by atoms with Crippen molar-refractivity contribution in [3.8, 4) is 0 Å². The molecule has 1 heterocycles. The maximum atomic E-state index is 5.15. The van der Waals surface area contributed by atoms with Gasteiger partial charge in [0.05, 0.1) is 6.61 Å². The van der Waals surface area contributed by atoms with Crippen LogP contribution in [0.25, 0.3) is 0 Å². The van der Waals surface area contributed by atoms with Crippen molar-refractivity contribution in [2.45, 2.75) is 39.0 Å². The summed E-state index contributed by atoms with van der Waals surface area (Å²) in [5, 5.41) is 5.78. The van der Waals surface area contributed by atoms with E-state index in [0.717, 1.165) is 19.2 Å². The molecular weight excluding hydrogens is 194 g/mol. The molecule has 1 aliphatic rings. The van der Waals surface area contributed by atoms with Crippen LogP contribution in [0.5, 0.6) is 0 Å². The van der Waals surface area contributed by atoms with Crippen LogP contribution in [-0.4, -0.2) is 13.2 Å². The Bertz CT molecular complexity index is 304. The lowest BCUT2D eigenvalue weighted by atomic mass is 10.2. The zero-order valence-electron chi connectivity index (χ0n) is 8.80.